The number of ketones is 2. The maximum atomic E-state index is 13.1. The number of nitrogens with zero attached hydrogens (tertiary/aromatic N) is 1. The topological polar surface area (TPSA) is 80.8 Å². The molecule has 7 heteroatoms. The van der Waals surface area contributed by atoms with Crippen LogP contribution >= 0.6 is 0 Å². The second kappa shape index (κ2) is 8.09. The Bertz CT molecular complexity index is 1280. The predicted octanol–water partition coefficient (Wildman–Crippen LogP) is 4.28. The number of carbonyl (C=O) groups excluding carboxylic acids is 2. The van der Waals surface area contributed by atoms with Gasteiger partial charge in [-0.2, -0.15) is 4.31 Å². The summed E-state index contributed by atoms with van der Waals surface area (Å²) in [6.07, 6.45) is 0. The highest BCUT2D eigenvalue weighted by atomic mass is 32.2. The molecule has 158 valence electrons. The van der Waals surface area contributed by atoms with Crippen LogP contribution in [0.25, 0.3) is 0 Å². The summed E-state index contributed by atoms with van der Waals surface area (Å²) in [4.78, 5) is 26.1. The third kappa shape index (κ3) is 3.56. The number of sulfonamides is 1. The smallest absolute Gasteiger partial charge is 0.243 e. The van der Waals surface area contributed by atoms with Gasteiger partial charge in [0.2, 0.25) is 10.0 Å². The highest BCUT2D eigenvalue weighted by Gasteiger charge is 2.32. The van der Waals surface area contributed by atoms with Crippen molar-refractivity contribution in [3.05, 3.63) is 89.0 Å². The van der Waals surface area contributed by atoms with Crippen LogP contribution in [0.2, 0.25) is 0 Å². The molecule has 4 rings (SSSR count). The molecule has 1 aliphatic rings. The Labute approximate surface area is 181 Å². The molecule has 3 aromatic carbocycles. The fraction of sp³-hybridized carbons (Fsp3) is 0.167. The van der Waals surface area contributed by atoms with Gasteiger partial charge in [-0.15, -0.1) is 0 Å². The number of hydrogen-bond donors (Lipinski definition) is 0. The van der Waals surface area contributed by atoms with Crippen molar-refractivity contribution in [2.24, 2.45) is 0 Å². The van der Waals surface area contributed by atoms with Crippen molar-refractivity contribution in [2.75, 3.05) is 13.1 Å². The molecule has 0 atom stereocenters. The second-order valence-corrected chi connectivity index (χ2v) is 8.98. The number of fused-ring (bicyclic) bond motifs is 2. The Hall–Kier alpha value is -3.29. The van der Waals surface area contributed by atoms with Crippen molar-refractivity contribution in [3.8, 4) is 11.5 Å². The van der Waals surface area contributed by atoms with Gasteiger partial charge < -0.3 is 4.74 Å². The minimum absolute atomic E-state index is 0.166. The lowest BCUT2D eigenvalue weighted by molar-refractivity contribution is 0.0977. The predicted molar refractivity (Wildman–Crippen MR) is 116 cm³/mol. The lowest BCUT2D eigenvalue weighted by Crippen LogP contribution is -2.30. The number of hydrogen-bond acceptors (Lipinski definition) is 5. The van der Waals surface area contributed by atoms with E-state index in [2.05, 4.69) is 0 Å². The van der Waals surface area contributed by atoms with Crippen molar-refractivity contribution >= 4 is 21.6 Å². The van der Waals surface area contributed by atoms with E-state index in [-0.39, 0.29) is 27.8 Å². The van der Waals surface area contributed by atoms with Gasteiger partial charge in [-0.3, -0.25) is 9.59 Å². The molecule has 31 heavy (non-hydrogen) atoms. The third-order valence-electron chi connectivity index (χ3n) is 5.31. The molecule has 0 heterocycles. The largest absolute Gasteiger partial charge is 0.457 e. The number of carbonyl (C=O) groups is 2. The van der Waals surface area contributed by atoms with Crippen molar-refractivity contribution in [1.82, 2.24) is 4.31 Å². The molecule has 0 saturated carbocycles. The Morgan fingerprint density at radius 2 is 1.32 bits per heavy atom. The molecule has 0 aliphatic heterocycles. The van der Waals surface area contributed by atoms with E-state index in [1.54, 1.807) is 68.4 Å². The van der Waals surface area contributed by atoms with Gasteiger partial charge in [0.1, 0.15) is 11.5 Å². The quantitative estimate of drug-likeness (QED) is 0.451. The van der Waals surface area contributed by atoms with Crippen molar-refractivity contribution in [3.63, 3.8) is 0 Å². The van der Waals surface area contributed by atoms with Crippen LogP contribution in [0.15, 0.2) is 71.6 Å². The van der Waals surface area contributed by atoms with Crippen LogP contribution in [0, 0.1) is 0 Å². The molecule has 1 aliphatic carbocycles. The zero-order chi connectivity index (χ0) is 22.2. The minimum Gasteiger partial charge on any atom is -0.457 e. The Morgan fingerprint density at radius 1 is 0.742 bits per heavy atom. The summed E-state index contributed by atoms with van der Waals surface area (Å²) in [5.74, 6) is 0.119. The SMILES string of the molecule is CCN(CC)S(=O)(=O)c1ccc(Oc2cccc3c2C(=O)c2ccccc2C3=O)cc1. The average Bonchev–Trinajstić information content (AvgIpc) is 2.78. The van der Waals surface area contributed by atoms with E-state index >= 15 is 0 Å². The van der Waals surface area contributed by atoms with Gasteiger partial charge in [0, 0.05) is 29.8 Å². The van der Waals surface area contributed by atoms with Gasteiger partial charge in [0.15, 0.2) is 11.6 Å². The summed E-state index contributed by atoms with van der Waals surface area (Å²) < 4.78 is 32.6. The standard InChI is InChI=1S/C24H21NO5S/c1-3-25(4-2)31(28,29)17-14-12-16(13-15-17)30-21-11-7-10-20-22(21)24(27)19-9-6-5-8-18(19)23(20)26/h5-15H,3-4H2,1-2H3. The van der Waals surface area contributed by atoms with E-state index in [0.29, 0.717) is 35.5 Å². The molecule has 0 aromatic heterocycles. The Morgan fingerprint density at radius 3 is 1.94 bits per heavy atom. The number of benzene rings is 3. The van der Waals surface area contributed by atoms with E-state index < -0.39 is 10.0 Å². The number of rotatable bonds is 6. The van der Waals surface area contributed by atoms with E-state index in [0.717, 1.165) is 0 Å². The molecule has 0 bridgehead atoms. The first-order valence-electron chi connectivity index (χ1n) is 9.98. The maximum absolute atomic E-state index is 13.1. The molecule has 0 N–H and O–H groups in total. The summed E-state index contributed by atoms with van der Waals surface area (Å²) >= 11 is 0. The van der Waals surface area contributed by atoms with Gasteiger partial charge in [-0.05, 0) is 30.3 Å². The van der Waals surface area contributed by atoms with E-state index in [1.165, 1.54) is 16.4 Å². The van der Waals surface area contributed by atoms with Crippen LogP contribution in [0.1, 0.15) is 45.7 Å². The molecule has 0 amide bonds. The average molecular weight is 436 g/mol. The first-order chi connectivity index (χ1) is 14.9. The normalized spacial score (nSPS) is 13.1. The first-order valence-corrected chi connectivity index (χ1v) is 11.4. The van der Waals surface area contributed by atoms with Gasteiger partial charge in [-0.25, -0.2) is 8.42 Å². The lowest BCUT2D eigenvalue weighted by atomic mass is 9.83. The number of ether oxygens (including phenoxy) is 1. The van der Waals surface area contributed by atoms with Crippen LogP contribution in [0.3, 0.4) is 0 Å². The van der Waals surface area contributed by atoms with Crippen LogP contribution in [0.4, 0.5) is 0 Å². The highest BCUT2D eigenvalue weighted by Crippen LogP contribution is 2.35. The summed E-state index contributed by atoms with van der Waals surface area (Å²) in [7, 11) is -3.58. The third-order valence-corrected chi connectivity index (χ3v) is 7.37. The van der Waals surface area contributed by atoms with Crippen LogP contribution in [0.5, 0.6) is 11.5 Å². The maximum Gasteiger partial charge on any atom is 0.243 e. The zero-order valence-corrected chi connectivity index (χ0v) is 18.0. The molecular formula is C24H21NO5S. The lowest BCUT2D eigenvalue weighted by Gasteiger charge is -2.20. The summed E-state index contributed by atoms with van der Waals surface area (Å²) in [6, 6.07) is 17.6. The van der Waals surface area contributed by atoms with Gasteiger partial charge in [0.25, 0.3) is 0 Å². The Kier molecular flexibility index (Phi) is 5.47. The van der Waals surface area contributed by atoms with Crippen molar-refractivity contribution in [2.45, 2.75) is 18.7 Å². The molecular weight excluding hydrogens is 414 g/mol. The van der Waals surface area contributed by atoms with Crippen LogP contribution in [-0.4, -0.2) is 37.4 Å². The Balaban J connectivity index is 1.68. The van der Waals surface area contributed by atoms with Crippen molar-refractivity contribution < 1.29 is 22.7 Å². The summed E-state index contributed by atoms with van der Waals surface area (Å²) in [5.41, 5.74) is 1.23. The molecule has 6 nitrogen and oxygen atoms in total. The molecule has 0 saturated heterocycles. The van der Waals surface area contributed by atoms with Crippen LogP contribution < -0.4 is 4.74 Å². The monoisotopic (exact) mass is 435 g/mol. The minimum atomic E-state index is -3.58. The van der Waals surface area contributed by atoms with Crippen LogP contribution in [-0.2, 0) is 10.0 Å². The zero-order valence-electron chi connectivity index (χ0n) is 17.2. The van der Waals surface area contributed by atoms with Crippen molar-refractivity contribution in [1.29, 1.82) is 0 Å². The molecule has 0 spiro atoms. The van der Waals surface area contributed by atoms with E-state index in [1.807, 2.05) is 0 Å². The van der Waals surface area contributed by atoms with E-state index in [9.17, 15) is 18.0 Å². The molecule has 3 aromatic rings. The highest BCUT2D eigenvalue weighted by molar-refractivity contribution is 7.89. The fourth-order valence-corrected chi connectivity index (χ4v) is 5.18. The molecule has 0 radical (unpaired) electrons. The van der Waals surface area contributed by atoms with E-state index in [4.69, 9.17) is 4.74 Å². The second-order valence-electron chi connectivity index (χ2n) is 7.05. The molecule has 0 unspecified atom stereocenters. The molecule has 0 fully saturated rings. The first kappa shape index (κ1) is 21.0. The summed E-state index contributed by atoms with van der Waals surface area (Å²) in [5, 5.41) is 0. The fourth-order valence-electron chi connectivity index (χ4n) is 3.72. The van der Waals surface area contributed by atoms with Gasteiger partial charge in [-0.1, -0.05) is 50.2 Å². The van der Waals surface area contributed by atoms with Gasteiger partial charge in [0.05, 0.1) is 10.5 Å². The summed E-state index contributed by atoms with van der Waals surface area (Å²) in [6.45, 7) is 4.33. The van der Waals surface area contributed by atoms with Gasteiger partial charge >= 0.3 is 0 Å².